The molecule has 0 saturated carbocycles. The number of hydrogen-bond acceptors (Lipinski definition) is 5. The largest absolute Gasteiger partial charge is 0.338 e. The molecule has 0 aliphatic carbocycles. The lowest BCUT2D eigenvalue weighted by atomic mass is 10.1. The number of benzene rings is 1. The zero-order chi connectivity index (χ0) is 21.7. The van der Waals surface area contributed by atoms with Gasteiger partial charge in [-0.15, -0.1) is 0 Å². The Hall–Kier alpha value is -2.56. The van der Waals surface area contributed by atoms with Gasteiger partial charge in [0.25, 0.3) is 15.8 Å². The predicted octanol–water partition coefficient (Wildman–Crippen LogP) is 0.641. The highest BCUT2D eigenvalue weighted by Gasteiger charge is 2.32. The number of piperazine rings is 1. The molecule has 0 radical (unpaired) electrons. The summed E-state index contributed by atoms with van der Waals surface area (Å²) in [7, 11) is -3.51. The van der Waals surface area contributed by atoms with Crippen LogP contribution in [0.3, 0.4) is 0 Å². The summed E-state index contributed by atoms with van der Waals surface area (Å²) in [6.07, 6.45) is 0. The first-order valence-electron chi connectivity index (χ1n) is 10.0. The second-order valence-corrected chi connectivity index (χ2v) is 8.88. The normalized spacial score (nSPS) is 15.5. The maximum Gasteiger partial charge on any atom is 0.282 e. The molecule has 0 bridgehead atoms. The van der Waals surface area contributed by atoms with Gasteiger partial charge in [-0.3, -0.25) is 9.59 Å². The van der Waals surface area contributed by atoms with Gasteiger partial charge in [0.15, 0.2) is 0 Å². The van der Waals surface area contributed by atoms with Crippen molar-refractivity contribution in [3.63, 3.8) is 0 Å². The van der Waals surface area contributed by atoms with Gasteiger partial charge in [-0.2, -0.15) is 22.1 Å². The Balaban J connectivity index is 1.66. The topological polar surface area (TPSA) is 95.8 Å². The summed E-state index contributed by atoms with van der Waals surface area (Å²) in [5, 5.41) is 4.32. The van der Waals surface area contributed by atoms with Gasteiger partial charge in [0.1, 0.15) is 6.54 Å². The average Bonchev–Trinajstić information content (AvgIpc) is 2.76. The zero-order valence-corrected chi connectivity index (χ0v) is 18.1. The van der Waals surface area contributed by atoms with Crippen LogP contribution in [0.4, 0.5) is 0 Å². The molecule has 0 atom stereocenters. The van der Waals surface area contributed by atoms with Crippen LogP contribution in [-0.2, 0) is 21.5 Å². The summed E-state index contributed by atoms with van der Waals surface area (Å²) < 4.78 is 29.2. The van der Waals surface area contributed by atoms with Crippen molar-refractivity contribution in [2.45, 2.75) is 20.4 Å². The number of rotatable bonds is 7. The predicted molar refractivity (Wildman–Crippen MR) is 114 cm³/mol. The first-order valence-corrected chi connectivity index (χ1v) is 11.4. The Bertz CT molecular complexity index is 1030. The van der Waals surface area contributed by atoms with Crippen molar-refractivity contribution >= 4 is 16.1 Å². The summed E-state index contributed by atoms with van der Waals surface area (Å²) in [4.78, 5) is 26.5. The van der Waals surface area contributed by atoms with E-state index in [2.05, 4.69) is 5.10 Å². The third-order valence-corrected chi connectivity index (χ3v) is 7.36. The summed E-state index contributed by atoms with van der Waals surface area (Å²) in [5.74, 6) is -0.255. The molecular weight excluding hydrogens is 406 g/mol. The van der Waals surface area contributed by atoms with Crippen LogP contribution >= 0.6 is 0 Å². The van der Waals surface area contributed by atoms with Crippen molar-refractivity contribution in [1.82, 2.24) is 23.3 Å². The van der Waals surface area contributed by atoms with E-state index in [1.165, 1.54) is 14.7 Å². The van der Waals surface area contributed by atoms with E-state index >= 15 is 0 Å². The van der Waals surface area contributed by atoms with Crippen LogP contribution in [0.5, 0.6) is 0 Å². The van der Waals surface area contributed by atoms with Crippen LogP contribution < -0.4 is 5.56 Å². The highest BCUT2D eigenvalue weighted by molar-refractivity contribution is 7.86. The number of amides is 1. The van der Waals surface area contributed by atoms with E-state index in [0.29, 0.717) is 18.8 Å². The van der Waals surface area contributed by atoms with E-state index in [4.69, 9.17) is 0 Å². The second-order valence-electron chi connectivity index (χ2n) is 6.95. The Kier molecular flexibility index (Phi) is 7.01. The van der Waals surface area contributed by atoms with Gasteiger partial charge in [-0.25, -0.2) is 4.68 Å². The third kappa shape index (κ3) is 4.77. The van der Waals surface area contributed by atoms with Crippen LogP contribution in [0, 0.1) is 0 Å². The molecular formula is C20H27N5O4S. The van der Waals surface area contributed by atoms with E-state index in [1.807, 2.05) is 30.3 Å². The number of nitrogens with zero attached hydrogens (tertiary/aromatic N) is 5. The SMILES string of the molecule is CCN(CC)S(=O)(=O)N1CCN(C(=O)Cn2nc(-c3ccccc3)ccc2=O)CC1. The molecule has 2 aromatic rings. The summed E-state index contributed by atoms with van der Waals surface area (Å²) >= 11 is 0. The quantitative estimate of drug-likeness (QED) is 0.639. The van der Waals surface area contributed by atoms with Gasteiger partial charge in [0.05, 0.1) is 5.69 Å². The molecule has 1 amide bonds. The van der Waals surface area contributed by atoms with Crippen molar-refractivity contribution in [2.24, 2.45) is 0 Å². The van der Waals surface area contributed by atoms with Crippen molar-refractivity contribution in [3.8, 4) is 11.3 Å². The lowest BCUT2D eigenvalue weighted by Crippen LogP contribution is -2.54. The molecule has 1 aliphatic heterocycles. The van der Waals surface area contributed by atoms with Gasteiger partial charge in [0, 0.05) is 50.9 Å². The molecule has 1 aromatic carbocycles. The van der Waals surface area contributed by atoms with E-state index in [0.717, 1.165) is 10.2 Å². The second kappa shape index (κ2) is 9.50. The Morgan fingerprint density at radius 3 is 2.23 bits per heavy atom. The standard InChI is InChI=1S/C20H27N5O4S/c1-3-23(4-2)30(28,29)24-14-12-22(13-15-24)20(27)16-25-19(26)11-10-18(21-25)17-8-6-5-7-9-17/h5-11H,3-4,12-16H2,1-2H3. The van der Waals surface area contributed by atoms with Crippen LogP contribution in [-0.4, -0.2) is 76.9 Å². The molecule has 0 spiro atoms. The average molecular weight is 434 g/mol. The lowest BCUT2D eigenvalue weighted by Gasteiger charge is -2.36. The molecule has 3 rings (SSSR count). The van der Waals surface area contributed by atoms with E-state index in [-0.39, 0.29) is 44.2 Å². The lowest BCUT2D eigenvalue weighted by molar-refractivity contribution is -0.133. The smallest absolute Gasteiger partial charge is 0.282 e. The molecule has 30 heavy (non-hydrogen) atoms. The van der Waals surface area contributed by atoms with Crippen molar-refractivity contribution in [1.29, 1.82) is 0 Å². The molecule has 10 heteroatoms. The molecule has 0 N–H and O–H groups in total. The molecule has 1 aromatic heterocycles. The van der Waals surface area contributed by atoms with Gasteiger partial charge >= 0.3 is 0 Å². The third-order valence-electron chi connectivity index (χ3n) is 5.17. The first-order chi connectivity index (χ1) is 14.4. The first kappa shape index (κ1) is 22.1. The molecule has 1 saturated heterocycles. The Labute approximate surface area is 176 Å². The van der Waals surface area contributed by atoms with Crippen LogP contribution in [0.15, 0.2) is 47.3 Å². The van der Waals surface area contributed by atoms with E-state index in [9.17, 15) is 18.0 Å². The number of aromatic nitrogens is 2. The Morgan fingerprint density at radius 2 is 1.63 bits per heavy atom. The highest BCUT2D eigenvalue weighted by Crippen LogP contribution is 2.15. The number of carbonyl (C=O) groups is 1. The summed E-state index contributed by atoms with van der Waals surface area (Å²) in [6, 6.07) is 12.4. The van der Waals surface area contributed by atoms with Gasteiger partial charge in [-0.1, -0.05) is 44.2 Å². The minimum absolute atomic E-state index is 0.178. The van der Waals surface area contributed by atoms with Crippen LogP contribution in [0.25, 0.3) is 11.3 Å². The molecule has 9 nitrogen and oxygen atoms in total. The summed E-state index contributed by atoms with van der Waals surface area (Å²) in [5.41, 5.74) is 1.11. The molecule has 0 unspecified atom stereocenters. The minimum atomic E-state index is -3.51. The van der Waals surface area contributed by atoms with Crippen LogP contribution in [0.2, 0.25) is 0 Å². The van der Waals surface area contributed by atoms with E-state index in [1.54, 1.807) is 24.8 Å². The fourth-order valence-corrected chi connectivity index (χ4v) is 5.04. The maximum absolute atomic E-state index is 12.7. The fourth-order valence-electron chi connectivity index (χ4n) is 3.43. The molecule has 2 heterocycles. The fraction of sp³-hybridized carbons (Fsp3) is 0.450. The van der Waals surface area contributed by atoms with Gasteiger partial charge in [0.2, 0.25) is 5.91 Å². The van der Waals surface area contributed by atoms with Crippen molar-refractivity contribution in [2.75, 3.05) is 39.3 Å². The molecule has 1 aliphatic rings. The summed E-state index contributed by atoms with van der Waals surface area (Å²) in [6.45, 7) is 5.27. The number of carbonyl (C=O) groups excluding carboxylic acids is 1. The minimum Gasteiger partial charge on any atom is -0.338 e. The van der Waals surface area contributed by atoms with Crippen molar-refractivity contribution in [3.05, 3.63) is 52.8 Å². The molecule has 162 valence electrons. The van der Waals surface area contributed by atoms with E-state index < -0.39 is 10.2 Å². The van der Waals surface area contributed by atoms with Crippen molar-refractivity contribution < 1.29 is 13.2 Å². The van der Waals surface area contributed by atoms with Crippen LogP contribution in [0.1, 0.15) is 13.8 Å². The Morgan fingerprint density at radius 1 is 1.00 bits per heavy atom. The maximum atomic E-state index is 12.7. The number of hydrogen-bond donors (Lipinski definition) is 0. The zero-order valence-electron chi connectivity index (χ0n) is 17.3. The highest BCUT2D eigenvalue weighted by atomic mass is 32.2. The van der Waals surface area contributed by atoms with Gasteiger partial charge < -0.3 is 4.90 Å². The molecule has 1 fully saturated rings. The monoisotopic (exact) mass is 433 g/mol. The van der Waals surface area contributed by atoms with Gasteiger partial charge in [-0.05, 0) is 6.07 Å².